The second-order valence-corrected chi connectivity index (χ2v) is 5.15. The van der Waals surface area contributed by atoms with E-state index < -0.39 is 5.82 Å². The van der Waals surface area contributed by atoms with Crippen LogP contribution in [0.15, 0.2) is 30.4 Å². The van der Waals surface area contributed by atoms with E-state index in [1.807, 2.05) is 6.92 Å². The fraction of sp³-hybridized carbons (Fsp3) is 0.154. The van der Waals surface area contributed by atoms with Crippen LogP contribution in [-0.4, -0.2) is 12.5 Å². The molecule has 2 rings (SSSR count). The molecule has 0 unspecified atom stereocenters. The van der Waals surface area contributed by atoms with Gasteiger partial charge in [-0.05, 0) is 19.1 Å². The molecule has 0 atom stereocenters. The minimum absolute atomic E-state index is 0.201. The molecule has 0 fully saturated rings. The van der Waals surface area contributed by atoms with Gasteiger partial charge in [-0.25, -0.2) is 4.39 Å². The lowest BCUT2D eigenvalue weighted by Gasteiger charge is -2.03. The Morgan fingerprint density at radius 3 is 2.89 bits per heavy atom. The number of fused-ring (bicyclic) bond motifs is 1. The van der Waals surface area contributed by atoms with Crippen molar-refractivity contribution in [3.63, 3.8) is 0 Å². The lowest BCUT2D eigenvalue weighted by molar-refractivity contribution is 0.0962. The Bertz CT molecular complexity index is 633. The van der Waals surface area contributed by atoms with Crippen molar-refractivity contribution in [2.75, 3.05) is 12.3 Å². The van der Waals surface area contributed by atoms with Crippen LogP contribution in [0.3, 0.4) is 0 Å². The highest BCUT2D eigenvalue weighted by Crippen LogP contribution is 2.35. The Kier molecular flexibility index (Phi) is 3.34. The van der Waals surface area contributed by atoms with E-state index in [2.05, 4.69) is 11.9 Å². The van der Waals surface area contributed by atoms with E-state index in [0.29, 0.717) is 21.5 Å². The standard InChI is InChI=1S/C13H13FN2OS/c1-7(2)6-16-13(17)12-11(15)10-8(14)4-3-5-9(10)18-12/h3-5H,1,6,15H2,2H3,(H,16,17). The number of carbonyl (C=O) groups is 1. The monoisotopic (exact) mass is 264 g/mol. The van der Waals surface area contributed by atoms with Crippen molar-refractivity contribution in [2.45, 2.75) is 6.92 Å². The van der Waals surface area contributed by atoms with Gasteiger partial charge in [0, 0.05) is 11.2 Å². The Morgan fingerprint density at radius 2 is 2.28 bits per heavy atom. The topological polar surface area (TPSA) is 55.1 Å². The molecule has 3 nitrogen and oxygen atoms in total. The van der Waals surface area contributed by atoms with Crippen molar-refractivity contribution in [1.82, 2.24) is 5.32 Å². The molecule has 0 aliphatic heterocycles. The number of thiophene rings is 1. The molecule has 1 amide bonds. The van der Waals surface area contributed by atoms with E-state index in [4.69, 9.17) is 5.73 Å². The van der Waals surface area contributed by atoms with E-state index in [1.165, 1.54) is 17.4 Å². The lowest BCUT2D eigenvalue weighted by atomic mass is 10.2. The normalized spacial score (nSPS) is 10.6. The smallest absolute Gasteiger partial charge is 0.263 e. The largest absolute Gasteiger partial charge is 0.397 e. The fourth-order valence-corrected chi connectivity index (χ4v) is 2.66. The number of rotatable bonds is 3. The van der Waals surface area contributed by atoms with Crippen LogP contribution in [0.2, 0.25) is 0 Å². The van der Waals surface area contributed by atoms with Gasteiger partial charge in [0.1, 0.15) is 10.7 Å². The van der Waals surface area contributed by atoms with Gasteiger partial charge in [0.05, 0.1) is 11.1 Å². The summed E-state index contributed by atoms with van der Waals surface area (Å²) in [5.74, 6) is -0.698. The maximum atomic E-state index is 13.6. The van der Waals surface area contributed by atoms with E-state index >= 15 is 0 Å². The van der Waals surface area contributed by atoms with Crippen LogP contribution in [0, 0.1) is 5.82 Å². The summed E-state index contributed by atoms with van der Waals surface area (Å²) < 4.78 is 14.3. The average Bonchev–Trinajstić information content (AvgIpc) is 2.65. The first kappa shape index (κ1) is 12.6. The van der Waals surface area contributed by atoms with Gasteiger partial charge in [-0.1, -0.05) is 18.2 Å². The van der Waals surface area contributed by atoms with Gasteiger partial charge in [0.25, 0.3) is 5.91 Å². The van der Waals surface area contributed by atoms with Gasteiger partial charge in [0.2, 0.25) is 0 Å². The molecule has 2 aromatic rings. The summed E-state index contributed by atoms with van der Waals surface area (Å²) in [5, 5.41) is 3.01. The summed E-state index contributed by atoms with van der Waals surface area (Å²) in [7, 11) is 0. The van der Waals surface area contributed by atoms with Gasteiger partial charge < -0.3 is 11.1 Å². The number of hydrogen-bond donors (Lipinski definition) is 2. The van der Waals surface area contributed by atoms with Crippen LogP contribution >= 0.6 is 11.3 Å². The minimum Gasteiger partial charge on any atom is -0.397 e. The van der Waals surface area contributed by atoms with E-state index in [1.54, 1.807) is 12.1 Å². The van der Waals surface area contributed by atoms with E-state index in [-0.39, 0.29) is 11.6 Å². The number of benzene rings is 1. The predicted octanol–water partition coefficient (Wildman–Crippen LogP) is 2.93. The van der Waals surface area contributed by atoms with E-state index in [9.17, 15) is 9.18 Å². The molecule has 1 aromatic heterocycles. The van der Waals surface area contributed by atoms with Crippen molar-refractivity contribution < 1.29 is 9.18 Å². The molecule has 1 aromatic carbocycles. The second kappa shape index (κ2) is 4.78. The van der Waals surface area contributed by atoms with Crippen LogP contribution in [0.4, 0.5) is 10.1 Å². The first-order valence-corrected chi connectivity index (χ1v) is 6.21. The molecule has 0 aliphatic carbocycles. The van der Waals surface area contributed by atoms with E-state index in [0.717, 1.165) is 5.57 Å². The van der Waals surface area contributed by atoms with Crippen LogP contribution < -0.4 is 11.1 Å². The van der Waals surface area contributed by atoms with Gasteiger partial charge in [-0.15, -0.1) is 11.3 Å². The molecule has 0 saturated heterocycles. The third-order valence-electron chi connectivity index (χ3n) is 2.46. The van der Waals surface area contributed by atoms with Gasteiger partial charge in [-0.3, -0.25) is 4.79 Å². The van der Waals surface area contributed by atoms with Crippen molar-refractivity contribution >= 4 is 33.0 Å². The maximum Gasteiger partial charge on any atom is 0.263 e. The summed E-state index contributed by atoms with van der Waals surface area (Å²) in [6.07, 6.45) is 0. The molecule has 3 N–H and O–H groups in total. The Balaban J connectivity index is 2.40. The van der Waals surface area contributed by atoms with Crippen molar-refractivity contribution in [2.24, 2.45) is 0 Å². The lowest BCUT2D eigenvalue weighted by Crippen LogP contribution is -2.24. The molecule has 0 aliphatic rings. The van der Waals surface area contributed by atoms with Crippen molar-refractivity contribution in [3.8, 4) is 0 Å². The summed E-state index contributed by atoms with van der Waals surface area (Å²) in [4.78, 5) is 12.3. The number of halogens is 1. The highest BCUT2D eigenvalue weighted by atomic mass is 32.1. The highest BCUT2D eigenvalue weighted by Gasteiger charge is 2.18. The zero-order valence-corrected chi connectivity index (χ0v) is 10.7. The van der Waals surface area contributed by atoms with Gasteiger partial charge in [0.15, 0.2) is 0 Å². The molecule has 18 heavy (non-hydrogen) atoms. The first-order valence-electron chi connectivity index (χ1n) is 5.39. The number of nitrogens with two attached hydrogens (primary N) is 1. The third-order valence-corrected chi connectivity index (χ3v) is 3.63. The number of nitrogens with one attached hydrogen (secondary N) is 1. The molecule has 1 heterocycles. The number of carbonyl (C=O) groups excluding carboxylic acids is 1. The molecule has 0 spiro atoms. The Hall–Kier alpha value is -1.88. The quantitative estimate of drug-likeness (QED) is 0.837. The number of hydrogen-bond acceptors (Lipinski definition) is 3. The molecule has 94 valence electrons. The van der Waals surface area contributed by atoms with Crippen LogP contribution in [0.1, 0.15) is 16.6 Å². The number of nitrogen functional groups attached to an aromatic ring is 1. The van der Waals surface area contributed by atoms with Gasteiger partial charge >= 0.3 is 0 Å². The van der Waals surface area contributed by atoms with Crippen molar-refractivity contribution in [1.29, 1.82) is 0 Å². The van der Waals surface area contributed by atoms with Crippen LogP contribution in [-0.2, 0) is 0 Å². The summed E-state index contributed by atoms with van der Waals surface area (Å²) >= 11 is 1.19. The SMILES string of the molecule is C=C(C)CNC(=O)c1sc2cccc(F)c2c1N. The second-order valence-electron chi connectivity index (χ2n) is 4.10. The van der Waals surface area contributed by atoms with Crippen LogP contribution in [0.5, 0.6) is 0 Å². The Morgan fingerprint density at radius 1 is 1.56 bits per heavy atom. The maximum absolute atomic E-state index is 13.6. The first-order chi connectivity index (χ1) is 8.50. The number of amides is 1. The molecule has 0 saturated carbocycles. The zero-order valence-electron chi connectivity index (χ0n) is 9.92. The molecular weight excluding hydrogens is 251 g/mol. The highest BCUT2D eigenvalue weighted by molar-refractivity contribution is 7.21. The molecule has 5 heteroatoms. The summed E-state index contributed by atoms with van der Waals surface area (Å²) in [6, 6.07) is 4.68. The average molecular weight is 264 g/mol. The third kappa shape index (κ3) is 2.22. The Labute approximate surface area is 108 Å². The minimum atomic E-state index is -0.403. The van der Waals surface area contributed by atoms with Crippen molar-refractivity contribution in [3.05, 3.63) is 41.0 Å². The molecular formula is C13H13FN2OS. The summed E-state index contributed by atoms with van der Waals surface area (Å²) in [5.41, 5.74) is 6.88. The predicted molar refractivity (Wildman–Crippen MR) is 73.3 cm³/mol. The number of anilines is 1. The van der Waals surface area contributed by atoms with Crippen LogP contribution in [0.25, 0.3) is 10.1 Å². The van der Waals surface area contributed by atoms with Gasteiger partial charge in [-0.2, -0.15) is 0 Å². The zero-order chi connectivity index (χ0) is 13.3. The fourth-order valence-electron chi connectivity index (χ4n) is 1.61. The molecule has 0 radical (unpaired) electrons. The molecule has 0 bridgehead atoms. The summed E-state index contributed by atoms with van der Waals surface area (Å²) in [6.45, 7) is 5.90.